The molecular weight excluding hydrogens is 476 g/mol. The average Bonchev–Trinajstić information content (AvgIpc) is 3.22. The molecule has 0 atom stereocenters. The molecule has 5 aromatic rings. The Bertz CT molecular complexity index is 1550. The highest BCUT2D eigenvalue weighted by molar-refractivity contribution is 7.99. The lowest BCUT2D eigenvalue weighted by atomic mass is 10.2. The van der Waals surface area contributed by atoms with Crippen LogP contribution in [0.2, 0.25) is 0 Å². The van der Waals surface area contributed by atoms with Crippen molar-refractivity contribution in [3.63, 3.8) is 0 Å². The largest absolute Gasteiger partial charge is 0.497 e. The van der Waals surface area contributed by atoms with E-state index in [1.54, 1.807) is 43.1 Å². The van der Waals surface area contributed by atoms with Crippen LogP contribution < -0.4 is 10.1 Å². The van der Waals surface area contributed by atoms with E-state index in [0.717, 1.165) is 26.6 Å². The van der Waals surface area contributed by atoms with Crippen LogP contribution in [0, 0.1) is 0 Å². The third-order valence-corrected chi connectivity index (χ3v) is 8.60. The zero-order chi connectivity index (χ0) is 24.3. The summed E-state index contributed by atoms with van der Waals surface area (Å²) in [5, 5.41) is 4.30. The quantitative estimate of drug-likeness (QED) is 0.258. The van der Waals surface area contributed by atoms with Gasteiger partial charge in [-0.3, -0.25) is 0 Å². The van der Waals surface area contributed by atoms with Gasteiger partial charge in [0.2, 0.25) is 0 Å². The van der Waals surface area contributed by atoms with Crippen molar-refractivity contribution in [2.24, 2.45) is 0 Å². The van der Waals surface area contributed by atoms with E-state index in [2.05, 4.69) is 5.32 Å². The number of hydrogen-bond donors (Lipinski definition) is 1. The first-order valence-corrected chi connectivity index (χ1v) is 13.4. The Morgan fingerprint density at radius 2 is 1.43 bits per heavy atom. The Morgan fingerprint density at radius 1 is 0.800 bits per heavy atom. The van der Waals surface area contributed by atoms with Gasteiger partial charge in [-0.05, 0) is 54.6 Å². The fourth-order valence-electron chi connectivity index (χ4n) is 3.98. The first-order valence-electron chi connectivity index (χ1n) is 11.1. The third-order valence-electron chi connectivity index (χ3n) is 5.67. The van der Waals surface area contributed by atoms with Crippen molar-refractivity contribution in [2.45, 2.75) is 21.2 Å². The molecule has 0 unspecified atom stereocenters. The minimum atomic E-state index is -3.84. The number of aromatic nitrogens is 1. The minimum Gasteiger partial charge on any atom is -0.497 e. The first-order chi connectivity index (χ1) is 17.1. The second-order valence-corrected chi connectivity index (χ2v) is 10.7. The average molecular weight is 501 g/mol. The normalized spacial score (nSPS) is 11.5. The zero-order valence-electron chi connectivity index (χ0n) is 19.1. The number of ether oxygens (including phenoxy) is 1. The molecule has 0 amide bonds. The fourth-order valence-corrected chi connectivity index (χ4v) is 6.70. The second-order valence-electron chi connectivity index (χ2n) is 7.87. The van der Waals surface area contributed by atoms with Gasteiger partial charge in [-0.15, -0.1) is 0 Å². The molecule has 5 nitrogen and oxygen atoms in total. The van der Waals surface area contributed by atoms with Gasteiger partial charge in [-0.25, -0.2) is 12.4 Å². The number of benzene rings is 4. The summed E-state index contributed by atoms with van der Waals surface area (Å²) >= 11 is 1.57. The van der Waals surface area contributed by atoms with Crippen LogP contribution in [-0.2, 0) is 16.6 Å². The predicted octanol–water partition coefficient (Wildman–Crippen LogP) is 6.65. The molecule has 1 heterocycles. The highest BCUT2D eigenvalue weighted by Crippen LogP contribution is 2.40. The number of methoxy groups -OCH3 is 1. The number of hydrogen-bond acceptors (Lipinski definition) is 5. The highest BCUT2D eigenvalue weighted by Gasteiger charge is 2.27. The molecule has 0 spiro atoms. The molecule has 0 radical (unpaired) electrons. The molecule has 0 bridgehead atoms. The molecule has 7 heteroatoms. The van der Waals surface area contributed by atoms with Gasteiger partial charge in [-0.1, -0.05) is 66.4 Å². The van der Waals surface area contributed by atoms with Gasteiger partial charge in [0.25, 0.3) is 10.0 Å². The molecule has 0 saturated carbocycles. The van der Waals surface area contributed by atoms with Gasteiger partial charge >= 0.3 is 0 Å². The van der Waals surface area contributed by atoms with Crippen molar-refractivity contribution in [3.05, 3.63) is 115 Å². The van der Waals surface area contributed by atoms with Crippen LogP contribution >= 0.6 is 11.8 Å². The van der Waals surface area contributed by atoms with Crippen molar-refractivity contribution < 1.29 is 13.2 Å². The Morgan fingerprint density at radius 3 is 2.11 bits per heavy atom. The van der Waals surface area contributed by atoms with Crippen LogP contribution in [0.25, 0.3) is 10.9 Å². The van der Waals surface area contributed by atoms with Crippen LogP contribution in [0.1, 0.15) is 5.69 Å². The van der Waals surface area contributed by atoms with Crippen molar-refractivity contribution in [1.29, 1.82) is 0 Å². The number of fused-ring (bicyclic) bond motifs is 1. The maximum Gasteiger partial charge on any atom is 0.268 e. The minimum absolute atomic E-state index is 0.253. The van der Waals surface area contributed by atoms with E-state index >= 15 is 0 Å². The second kappa shape index (κ2) is 9.90. The van der Waals surface area contributed by atoms with Crippen molar-refractivity contribution in [1.82, 2.24) is 3.97 Å². The predicted molar refractivity (Wildman–Crippen MR) is 142 cm³/mol. The summed E-state index contributed by atoms with van der Waals surface area (Å²) in [6.45, 7) is 0.322. The van der Waals surface area contributed by atoms with E-state index in [1.807, 2.05) is 84.9 Å². The highest BCUT2D eigenvalue weighted by atomic mass is 32.2. The van der Waals surface area contributed by atoms with Crippen molar-refractivity contribution in [2.75, 3.05) is 12.4 Å². The molecule has 0 aliphatic carbocycles. The lowest BCUT2D eigenvalue weighted by Crippen LogP contribution is -2.17. The molecule has 4 aromatic carbocycles. The smallest absolute Gasteiger partial charge is 0.268 e. The first kappa shape index (κ1) is 23.1. The number of nitrogens with zero attached hydrogens (tertiary/aromatic N) is 1. The van der Waals surface area contributed by atoms with E-state index in [1.165, 1.54) is 3.97 Å². The Kier molecular flexibility index (Phi) is 6.53. The van der Waals surface area contributed by atoms with Gasteiger partial charge in [0, 0.05) is 20.9 Å². The summed E-state index contributed by atoms with van der Waals surface area (Å²) < 4.78 is 34.6. The Hall–Kier alpha value is -3.68. The number of nitrogens with one attached hydrogen (secondary N) is 1. The maximum atomic E-state index is 13.9. The summed E-state index contributed by atoms with van der Waals surface area (Å²) in [6.07, 6.45) is 0. The lowest BCUT2D eigenvalue weighted by molar-refractivity contribution is 0.415. The van der Waals surface area contributed by atoms with Crippen LogP contribution in [0.15, 0.2) is 124 Å². The van der Waals surface area contributed by atoms with E-state index in [4.69, 9.17) is 4.74 Å². The van der Waals surface area contributed by atoms with Crippen molar-refractivity contribution >= 4 is 38.4 Å². The summed E-state index contributed by atoms with van der Waals surface area (Å²) in [6, 6.07) is 33.8. The van der Waals surface area contributed by atoms with Crippen LogP contribution in [0.3, 0.4) is 0 Å². The van der Waals surface area contributed by atoms with Gasteiger partial charge in [0.05, 0.1) is 29.8 Å². The monoisotopic (exact) mass is 500 g/mol. The standard InChI is InChI=1S/C28H24N2O3S2/c1-33-22-18-16-21(17-19-22)29-20-27-28(34-23-10-4-2-5-11-23)25-14-8-9-15-26(25)30(27)35(31,32)24-12-6-3-7-13-24/h2-19,29H,20H2,1H3. The van der Waals surface area contributed by atoms with Crippen LogP contribution in [-0.4, -0.2) is 19.5 Å². The molecule has 0 saturated heterocycles. The Balaban J connectivity index is 1.68. The third kappa shape index (κ3) is 4.65. The number of rotatable bonds is 8. The van der Waals surface area contributed by atoms with Crippen LogP contribution in [0.4, 0.5) is 5.69 Å². The molecular formula is C28H24N2O3S2. The molecule has 0 fully saturated rings. The van der Waals surface area contributed by atoms with Gasteiger partial charge in [0.1, 0.15) is 5.75 Å². The van der Waals surface area contributed by atoms with E-state index in [9.17, 15) is 8.42 Å². The summed E-state index contributed by atoms with van der Waals surface area (Å²) in [5.74, 6) is 0.761. The maximum absolute atomic E-state index is 13.9. The summed E-state index contributed by atoms with van der Waals surface area (Å²) in [5.41, 5.74) is 2.21. The number of para-hydroxylation sites is 1. The summed E-state index contributed by atoms with van der Waals surface area (Å²) in [4.78, 5) is 2.20. The van der Waals surface area contributed by atoms with Crippen LogP contribution in [0.5, 0.6) is 5.75 Å². The zero-order valence-corrected chi connectivity index (χ0v) is 20.7. The molecule has 176 valence electrons. The van der Waals surface area contributed by atoms with Gasteiger partial charge in [-0.2, -0.15) is 0 Å². The topological polar surface area (TPSA) is 60.3 Å². The molecule has 0 aliphatic heterocycles. The van der Waals surface area contributed by atoms with Crippen molar-refractivity contribution in [3.8, 4) is 5.75 Å². The molecule has 5 rings (SSSR count). The lowest BCUT2D eigenvalue weighted by Gasteiger charge is -2.15. The van der Waals surface area contributed by atoms with Gasteiger partial charge < -0.3 is 10.1 Å². The molecule has 1 N–H and O–H groups in total. The molecule has 35 heavy (non-hydrogen) atoms. The van der Waals surface area contributed by atoms with Gasteiger partial charge in [0.15, 0.2) is 0 Å². The summed E-state index contributed by atoms with van der Waals surface area (Å²) in [7, 11) is -2.21. The Labute approximate surface area is 209 Å². The van der Waals surface area contributed by atoms with E-state index in [0.29, 0.717) is 17.8 Å². The molecule has 0 aliphatic rings. The molecule has 1 aromatic heterocycles. The number of anilines is 1. The van der Waals surface area contributed by atoms with E-state index < -0.39 is 10.0 Å². The van der Waals surface area contributed by atoms with E-state index in [-0.39, 0.29) is 4.90 Å². The fraction of sp³-hybridized carbons (Fsp3) is 0.0714. The SMILES string of the molecule is COc1ccc(NCc2c(Sc3ccccc3)c3ccccc3n2S(=O)(=O)c2ccccc2)cc1.